The Morgan fingerprint density at radius 1 is 1.11 bits per heavy atom. The maximum atomic E-state index is 14.9. The minimum atomic E-state index is -3.07. The molecule has 2 aromatic carbocycles. The van der Waals surface area contributed by atoms with E-state index in [4.69, 9.17) is 14.2 Å². The van der Waals surface area contributed by atoms with Gasteiger partial charge in [-0.05, 0) is 48.6 Å². The second-order valence-corrected chi connectivity index (χ2v) is 10.8. The number of halogens is 1. The molecule has 0 aromatic heterocycles. The summed E-state index contributed by atoms with van der Waals surface area (Å²) in [4.78, 5) is 38.9. The molecule has 2 aliphatic rings. The first kappa shape index (κ1) is 25.4. The summed E-state index contributed by atoms with van der Waals surface area (Å²) >= 11 is 0. The highest BCUT2D eigenvalue weighted by atomic mass is 32.2. The highest BCUT2D eigenvalue weighted by molar-refractivity contribution is 7.91. The van der Waals surface area contributed by atoms with Gasteiger partial charge in [0.1, 0.15) is 15.7 Å². The summed E-state index contributed by atoms with van der Waals surface area (Å²) in [6, 6.07) is 12.5. The molecule has 0 radical (unpaired) electrons. The molecule has 1 atom stereocenters. The zero-order valence-corrected chi connectivity index (χ0v) is 20.3. The van der Waals surface area contributed by atoms with Gasteiger partial charge in [0.25, 0.3) is 0 Å². The largest absolute Gasteiger partial charge is 0.424 e. The number of hydrogen-bond acceptors (Lipinski definition) is 8. The fourth-order valence-corrected chi connectivity index (χ4v) is 5.58. The van der Waals surface area contributed by atoms with Crippen LogP contribution in [0, 0.1) is 5.82 Å². The number of anilines is 1. The van der Waals surface area contributed by atoms with Crippen LogP contribution in [0.3, 0.4) is 0 Å². The van der Waals surface area contributed by atoms with Crippen molar-refractivity contribution in [2.24, 2.45) is 0 Å². The van der Waals surface area contributed by atoms with E-state index >= 15 is 0 Å². The van der Waals surface area contributed by atoms with Gasteiger partial charge in [-0.15, -0.1) is 0 Å². The van der Waals surface area contributed by atoms with Gasteiger partial charge in [0.2, 0.25) is 6.79 Å². The lowest BCUT2D eigenvalue weighted by Gasteiger charge is -2.24. The maximum Gasteiger partial charge on any atom is 0.416 e. The van der Waals surface area contributed by atoms with Crippen molar-refractivity contribution in [3.05, 3.63) is 65.5 Å². The highest BCUT2D eigenvalue weighted by Crippen LogP contribution is 2.33. The van der Waals surface area contributed by atoms with E-state index in [-0.39, 0.29) is 29.7 Å². The maximum absolute atomic E-state index is 14.9. The van der Waals surface area contributed by atoms with E-state index in [2.05, 4.69) is 0 Å². The van der Waals surface area contributed by atoms with Gasteiger partial charge < -0.3 is 14.2 Å². The van der Waals surface area contributed by atoms with Gasteiger partial charge in [-0.25, -0.2) is 27.2 Å². The first-order valence-corrected chi connectivity index (χ1v) is 13.1. The van der Waals surface area contributed by atoms with E-state index in [1.165, 1.54) is 18.0 Å². The van der Waals surface area contributed by atoms with Crippen LogP contribution in [0.4, 0.5) is 19.7 Å². The average molecular weight is 521 g/mol. The topological polar surface area (TPSA) is 120 Å². The third-order valence-corrected chi connectivity index (χ3v) is 7.90. The molecule has 12 heteroatoms. The van der Waals surface area contributed by atoms with Crippen LogP contribution >= 0.6 is 0 Å². The van der Waals surface area contributed by atoms with Crippen molar-refractivity contribution in [3.63, 3.8) is 0 Å². The first-order valence-electron chi connectivity index (χ1n) is 11.2. The molecule has 10 nitrogen and oxygen atoms in total. The molecule has 192 valence electrons. The number of rotatable bonds is 6. The number of sulfone groups is 1. The van der Waals surface area contributed by atoms with Gasteiger partial charge in [0, 0.05) is 7.05 Å². The zero-order valence-electron chi connectivity index (χ0n) is 19.5. The number of likely N-dealkylation sites (N-methyl/N-ethyl adjacent to an activating group) is 1. The number of benzene rings is 2. The summed E-state index contributed by atoms with van der Waals surface area (Å²) in [6.07, 6.45) is -1.98. The molecule has 0 spiro atoms. The molecule has 0 aliphatic carbocycles. The predicted molar refractivity (Wildman–Crippen MR) is 126 cm³/mol. The molecule has 0 bridgehead atoms. The van der Waals surface area contributed by atoms with Crippen molar-refractivity contribution in [1.82, 2.24) is 4.90 Å². The van der Waals surface area contributed by atoms with Crippen LogP contribution < -0.4 is 4.90 Å². The van der Waals surface area contributed by atoms with Crippen molar-refractivity contribution >= 4 is 33.7 Å². The minimum Gasteiger partial charge on any atom is -0.424 e. The van der Waals surface area contributed by atoms with Crippen LogP contribution in [0.25, 0.3) is 0 Å². The lowest BCUT2D eigenvalue weighted by molar-refractivity contribution is -0.0261. The Kier molecular flexibility index (Phi) is 7.43. The lowest BCUT2D eigenvalue weighted by Crippen LogP contribution is -2.40. The molecule has 2 amide bonds. The highest BCUT2D eigenvalue weighted by Gasteiger charge is 2.38. The van der Waals surface area contributed by atoms with Crippen LogP contribution in [0.5, 0.6) is 0 Å². The molecular formula is C24H25FN2O8S. The van der Waals surface area contributed by atoms with Gasteiger partial charge in [0.05, 0.1) is 29.3 Å². The SMILES string of the molecule is CN(C(=O)OCOC(=O)c1ccccc1)[C@@H]1CN(c2ccc(C3CCS(=O)(=O)CC3)c(F)c2)C(=O)O1. The number of cyclic esters (lactones) is 1. The van der Waals surface area contributed by atoms with Gasteiger partial charge >= 0.3 is 18.2 Å². The van der Waals surface area contributed by atoms with Crippen LogP contribution in [0.1, 0.15) is 34.7 Å². The van der Waals surface area contributed by atoms with Gasteiger partial charge in [-0.2, -0.15) is 0 Å². The fourth-order valence-electron chi connectivity index (χ4n) is 4.09. The number of carbonyl (C=O) groups is 3. The third kappa shape index (κ3) is 5.76. The number of nitrogens with zero attached hydrogens (tertiary/aromatic N) is 2. The van der Waals surface area contributed by atoms with Crippen LogP contribution in [0.15, 0.2) is 48.5 Å². The first-order chi connectivity index (χ1) is 17.1. The molecule has 2 aliphatic heterocycles. The Balaban J connectivity index is 1.32. The van der Waals surface area contributed by atoms with Crippen molar-refractivity contribution in [3.8, 4) is 0 Å². The molecule has 4 rings (SSSR count). The Bertz CT molecular complexity index is 1240. The predicted octanol–water partition coefficient (Wildman–Crippen LogP) is 3.28. The molecule has 36 heavy (non-hydrogen) atoms. The quantitative estimate of drug-likeness (QED) is 0.421. The fraction of sp³-hybridized carbons (Fsp3) is 0.375. The van der Waals surface area contributed by atoms with Crippen LogP contribution in [-0.2, 0) is 24.0 Å². The Morgan fingerprint density at radius 3 is 2.47 bits per heavy atom. The van der Waals surface area contributed by atoms with Crippen molar-refractivity contribution in [2.45, 2.75) is 25.0 Å². The Hall–Kier alpha value is -3.67. The van der Waals surface area contributed by atoms with E-state index in [0.717, 1.165) is 4.90 Å². The zero-order chi connectivity index (χ0) is 25.9. The van der Waals surface area contributed by atoms with Crippen LogP contribution in [0.2, 0.25) is 0 Å². The third-order valence-electron chi connectivity index (χ3n) is 6.19. The summed E-state index contributed by atoms with van der Waals surface area (Å²) in [5.74, 6) is -1.37. The van der Waals surface area contributed by atoms with Crippen molar-refractivity contribution in [2.75, 3.05) is 36.8 Å². The smallest absolute Gasteiger partial charge is 0.416 e. The molecule has 2 saturated heterocycles. The summed E-state index contributed by atoms with van der Waals surface area (Å²) in [7, 11) is -1.72. The number of esters is 1. The van der Waals surface area contributed by atoms with Crippen LogP contribution in [-0.4, -0.2) is 69.6 Å². The number of hydrogen-bond donors (Lipinski definition) is 0. The minimum absolute atomic E-state index is 0.0207. The monoisotopic (exact) mass is 520 g/mol. The van der Waals surface area contributed by atoms with Gasteiger partial charge in [0.15, 0.2) is 6.23 Å². The number of ether oxygens (including phenoxy) is 3. The molecule has 2 aromatic rings. The molecule has 0 unspecified atom stereocenters. The van der Waals surface area contributed by atoms with Gasteiger partial charge in [-0.3, -0.25) is 9.80 Å². The Morgan fingerprint density at radius 2 is 1.81 bits per heavy atom. The van der Waals surface area contributed by atoms with Gasteiger partial charge in [-0.1, -0.05) is 24.3 Å². The number of amides is 2. The molecule has 2 heterocycles. The molecular weight excluding hydrogens is 495 g/mol. The molecule has 0 N–H and O–H groups in total. The van der Waals surface area contributed by atoms with E-state index in [0.29, 0.717) is 24.0 Å². The Labute approximate surface area is 207 Å². The normalized spacial score (nSPS) is 19.4. The second-order valence-electron chi connectivity index (χ2n) is 8.52. The van der Waals surface area contributed by atoms with Crippen molar-refractivity contribution < 1.29 is 41.4 Å². The standard InChI is InChI=1S/C24H25FN2O8S/c1-26(23(29)34-15-33-22(28)17-5-3-2-4-6-17)21-14-27(24(30)35-21)18-7-8-19(20(25)13-18)16-9-11-36(31,32)12-10-16/h2-8,13,16,21H,9-12,14-15H2,1H3/t21-/m0/s1. The van der Waals surface area contributed by atoms with Crippen molar-refractivity contribution in [1.29, 1.82) is 0 Å². The van der Waals surface area contributed by atoms with E-state index in [9.17, 15) is 27.2 Å². The summed E-state index contributed by atoms with van der Waals surface area (Å²) in [5, 5.41) is 0. The van der Waals surface area contributed by atoms with E-state index in [1.54, 1.807) is 42.5 Å². The average Bonchev–Trinajstić information content (AvgIpc) is 3.25. The van der Waals surface area contributed by atoms with E-state index in [1.807, 2.05) is 0 Å². The second kappa shape index (κ2) is 10.5. The summed E-state index contributed by atoms with van der Waals surface area (Å²) in [5.41, 5.74) is 0.947. The lowest BCUT2D eigenvalue weighted by atomic mass is 9.93. The molecule has 0 saturated carbocycles. The van der Waals surface area contributed by atoms with E-state index < -0.39 is 46.8 Å². The number of carbonyl (C=O) groups excluding carboxylic acids is 3. The summed E-state index contributed by atoms with van der Waals surface area (Å²) in [6.45, 7) is -0.703. The molecule has 2 fully saturated rings. The summed E-state index contributed by atoms with van der Waals surface area (Å²) < 4.78 is 53.2.